The van der Waals surface area contributed by atoms with E-state index in [9.17, 15) is 14.4 Å². The molecule has 196 valence electrons. The maximum absolute atomic E-state index is 13.2. The molecule has 2 aliphatic rings. The summed E-state index contributed by atoms with van der Waals surface area (Å²) < 4.78 is 10.6. The van der Waals surface area contributed by atoms with Crippen LogP contribution in [0.2, 0.25) is 5.02 Å². The van der Waals surface area contributed by atoms with Gasteiger partial charge in [0.05, 0.1) is 25.3 Å². The van der Waals surface area contributed by atoms with Gasteiger partial charge >= 0.3 is 12.0 Å². The summed E-state index contributed by atoms with van der Waals surface area (Å²) in [5.74, 6) is 0.159. The first-order valence-electron chi connectivity index (χ1n) is 12.2. The highest BCUT2D eigenvalue weighted by Crippen LogP contribution is 2.34. The van der Waals surface area contributed by atoms with Crippen molar-refractivity contribution in [2.75, 3.05) is 53.5 Å². The number of amides is 3. The van der Waals surface area contributed by atoms with Crippen LogP contribution in [-0.2, 0) is 9.53 Å². The summed E-state index contributed by atoms with van der Waals surface area (Å²) in [4.78, 5) is 44.4. The van der Waals surface area contributed by atoms with Crippen LogP contribution < -0.4 is 10.1 Å². The lowest BCUT2D eigenvalue weighted by atomic mass is 9.94. The molecule has 9 nitrogen and oxygen atoms in total. The Morgan fingerprint density at radius 3 is 2.35 bits per heavy atom. The number of halogens is 1. The number of ether oxygens (including phenoxy) is 2. The summed E-state index contributed by atoms with van der Waals surface area (Å²) in [5, 5.41) is 3.34. The third kappa shape index (κ3) is 5.73. The van der Waals surface area contributed by atoms with Crippen molar-refractivity contribution in [3.63, 3.8) is 0 Å². The minimum absolute atomic E-state index is 0.0401. The molecule has 1 N–H and O–H groups in total. The van der Waals surface area contributed by atoms with Gasteiger partial charge < -0.3 is 19.7 Å². The van der Waals surface area contributed by atoms with E-state index in [0.717, 1.165) is 0 Å². The first kappa shape index (κ1) is 26.5. The van der Waals surface area contributed by atoms with Crippen molar-refractivity contribution in [1.82, 2.24) is 20.0 Å². The van der Waals surface area contributed by atoms with Gasteiger partial charge in [0.15, 0.2) is 0 Å². The number of likely N-dealkylation sites (N-methyl/N-ethyl adjacent to an activating group) is 1. The van der Waals surface area contributed by atoms with Crippen molar-refractivity contribution in [1.29, 1.82) is 0 Å². The summed E-state index contributed by atoms with van der Waals surface area (Å²) in [5.41, 5.74) is 2.14. The number of carbonyl (C=O) groups excluding carboxylic acids is 3. The predicted molar refractivity (Wildman–Crippen MR) is 139 cm³/mol. The van der Waals surface area contributed by atoms with Crippen LogP contribution in [0.1, 0.15) is 28.9 Å². The van der Waals surface area contributed by atoms with Gasteiger partial charge in [0.25, 0.3) is 5.91 Å². The normalized spacial score (nSPS) is 18.5. The second-order valence-electron chi connectivity index (χ2n) is 8.84. The molecule has 0 spiro atoms. The first-order chi connectivity index (χ1) is 17.8. The molecule has 37 heavy (non-hydrogen) atoms. The number of hydrogen-bond acceptors (Lipinski definition) is 6. The summed E-state index contributed by atoms with van der Waals surface area (Å²) in [6.07, 6.45) is 0. The van der Waals surface area contributed by atoms with Gasteiger partial charge in [-0.3, -0.25) is 14.6 Å². The molecular formula is C27H31ClN4O5. The number of benzene rings is 2. The van der Waals surface area contributed by atoms with Gasteiger partial charge in [-0.2, -0.15) is 0 Å². The molecule has 1 unspecified atom stereocenters. The number of carbonyl (C=O) groups is 3. The van der Waals surface area contributed by atoms with Crippen LogP contribution in [0, 0.1) is 0 Å². The smallest absolute Gasteiger partial charge is 0.338 e. The Kier molecular flexibility index (Phi) is 8.35. The average Bonchev–Trinajstić information content (AvgIpc) is 2.91. The Balaban J connectivity index is 1.55. The fourth-order valence-corrected chi connectivity index (χ4v) is 4.82. The summed E-state index contributed by atoms with van der Waals surface area (Å²) in [6.45, 7) is 4.53. The number of nitrogens with one attached hydrogen (secondary N) is 1. The quantitative estimate of drug-likeness (QED) is 0.557. The molecule has 1 fully saturated rings. The highest BCUT2D eigenvalue weighted by molar-refractivity contribution is 6.31. The molecule has 2 heterocycles. The van der Waals surface area contributed by atoms with E-state index in [4.69, 9.17) is 21.1 Å². The third-order valence-electron chi connectivity index (χ3n) is 6.66. The van der Waals surface area contributed by atoms with E-state index in [2.05, 4.69) is 10.2 Å². The van der Waals surface area contributed by atoms with E-state index in [1.54, 1.807) is 63.5 Å². The highest BCUT2D eigenvalue weighted by atomic mass is 35.5. The predicted octanol–water partition coefficient (Wildman–Crippen LogP) is 3.32. The topological polar surface area (TPSA) is 91.4 Å². The van der Waals surface area contributed by atoms with Crippen molar-refractivity contribution in [3.8, 4) is 5.75 Å². The molecule has 0 saturated carbocycles. The molecule has 0 radical (unpaired) electrons. The number of urea groups is 1. The monoisotopic (exact) mass is 526 g/mol. The molecule has 10 heteroatoms. The molecule has 0 bridgehead atoms. The van der Waals surface area contributed by atoms with Crippen LogP contribution in [0.25, 0.3) is 0 Å². The van der Waals surface area contributed by atoms with Gasteiger partial charge in [-0.15, -0.1) is 0 Å². The summed E-state index contributed by atoms with van der Waals surface area (Å²) in [6, 6.07) is 13.1. The maximum atomic E-state index is 13.2. The molecule has 2 aliphatic heterocycles. The van der Waals surface area contributed by atoms with Gasteiger partial charge in [-0.25, -0.2) is 9.59 Å². The fraction of sp³-hybridized carbons (Fsp3) is 0.370. The van der Waals surface area contributed by atoms with Crippen molar-refractivity contribution in [2.24, 2.45) is 0 Å². The molecule has 3 amide bonds. The molecule has 2 aromatic rings. The number of rotatable bonds is 7. The SMILES string of the molecule is CCOC(=O)C1=C(CN2CCN(C(=O)c3ccc(OC)cc3)CC2)N(C)C(=O)NC1c1ccccc1Cl. The van der Waals surface area contributed by atoms with E-state index >= 15 is 0 Å². The third-order valence-corrected chi connectivity index (χ3v) is 7.00. The lowest BCUT2D eigenvalue weighted by Crippen LogP contribution is -2.53. The molecule has 4 rings (SSSR count). The number of nitrogens with zero attached hydrogens (tertiary/aromatic N) is 3. The number of methoxy groups -OCH3 is 1. The highest BCUT2D eigenvalue weighted by Gasteiger charge is 2.38. The Hall–Kier alpha value is -3.56. The molecule has 0 aromatic heterocycles. The standard InChI is InChI=1S/C27H31ClN4O5/c1-4-37-26(34)23-22(30(2)27(35)29-24(23)20-7-5-6-8-21(20)28)17-31-13-15-32(16-14-31)25(33)18-9-11-19(36-3)12-10-18/h5-12,24H,4,13-17H2,1-3H3,(H,29,35). The fourth-order valence-electron chi connectivity index (χ4n) is 4.58. The molecule has 0 aliphatic carbocycles. The minimum atomic E-state index is -0.732. The van der Waals surface area contributed by atoms with Crippen molar-refractivity contribution >= 4 is 29.5 Å². The summed E-state index contributed by atoms with van der Waals surface area (Å²) >= 11 is 6.45. The van der Waals surface area contributed by atoms with E-state index in [1.807, 2.05) is 11.0 Å². The molecule has 2 aromatic carbocycles. The zero-order valence-electron chi connectivity index (χ0n) is 21.2. The zero-order chi connectivity index (χ0) is 26.5. The Morgan fingerprint density at radius 1 is 1.05 bits per heavy atom. The van der Waals surface area contributed by atoms with Crippen LogP contribution in [0.5, 0.6) is 5.75 Å². The van der Waals surface area contributed by atoms with E-state index in [1.165, 1.54) is 4.90 Å². The van der Waals surface area contributed by atoms with E-state index in [0.29, 0.717) is 65.9 Å². The minimum Gasteiger partial charge on any atom is -0.497 e. The number of hydrogen-bond donors (Lipinski definition) is 1. The Morgan fingerprint density at radius 2 is 1.73 bits per heavy atom. The first-order valence-corrected chi connectivity index (χ1v) is 12.6. The van der Waals surface area contributed by atoms with Gasteiger partial charge in [0.2, 0.25) is 0 Å². The second-order valence-corrected chi connectivity index (χ2v) is 9.25. The molecular weight excluding hydrogens is 496 g/mol. The van der Waals surface area contributed by atoms with E-state index < -0.39 is 12.0 Å². The summed E-state index contributed by atoms with van der Waals surface area (Å²) in [7, 11) is 3.22. The Bertz CT molecular complexity index is 1190. The van der Waals surface area contributed by atoms with Crippen molar-refractivity contribution in [3.05, 3.63) is 76.0 Å². The van der Waals surface area contributed by atoms with Crippen LogP contribution in [0.3, 0.4) is 0 Å². The van der Waals surface area contributed by atoms with Crippen LogP contribution in [-0.4, -0.2) is 86.1 Å². The molecule has 1 atom stereocenters. The van der Waals surface area contributed by atoms with E-state index in [-0.39, 0.29) is 18.5 Å². The molecule has 1 saturated heterocycles. The van der Waals surface area contributed by atoms with Crippen LogP contribution in [0.15, 0.2) is 59.8 Å². The van der Waals surface area contributed by atoms with Gasteiger partial charge in [0.1, 0.15) is 5.75 Å². The van der Waals surface area contributed by atoms with Gasteiger partial charge in [0, 0.05) is 56.1 Å². The van der Waals surface area contributed by atoms with Crippen LogP contribution in [0.4, 0.5) is 4.79 Å². The average molecular weight is 527 g/mol. The number of esters is 1. The Labute approximate surface area is 221 Å². The van der Waals surface area contributed by atoms with Gasteiger partial charge in [-0.05, 0) is 42.8 Å². The van der Waals surface area contributed by atoms with Gasteiger partial charge in [-0.1, -0.05) is 29.8 Å². The lowest BCUT2D eigenvalue weighted by molar-refractivity contribution is -0.139. The van der Waals surface area contributed by atoms with Crippen LogP contribution >= 0.6 is 11.6 Å². The largest absolute Gasteiger partial charge is 0.497 e. The van der Waals surface area contributed by atoms with Crippen molar-refractivity contribution < 1.29 is 23.9 Å². The van der Waals surface area contributed by atoms with Crippen molar-refractivity contribution in [2.45, 2.75) is 13.0 Å². The zero-order valence-corrected chi connectivity index (χ0v) is 22.0. The lowest BCUT2D eigenvalue weighted by Gasteiger charge is -2.39. The second kappa shape index (κ2) is 11.7. The number of piperazine rings is 1. The maximum Gasteiger partial charge on any atom is 0.338 e.